The van der Waals surface area contributed by atoms with Crippen LogP contribution < -0.4 is 10.6 Å². The number of aliphatic carboxylic acids is 1. The molecule has 1 aliphatic heterocycles. The topological polar surface area (TPSA) is 98.7 Å². The Hall–Kier alpha value is -1.79. The van der Waals surface area contributed by atoms with E-state index in [1.165, 1.54) is 6.42 Å². The van der Waals surface area contributed by atoms with Gasteiger partial charge < -0.3 is 20.6 Å². The number of urea groups is 1. The second-order valence-electron chi connectivity index (χ2n) is 5.22. The van der Waals surface area contributed by atoms with Crippen molar-refractivity contribution in [2.45, 2.75) is 44.9 Å². The maximum atomic E-state index is 11.8. The van der Waals surface area contributed by atoms with Gasteiger partial charge in [0.15, 0.2) is 0 Å². The third kappa shape index (κ3) is 8.16. The molecular formula is C14H25N3O4. The molecular weight excluding hydrogens is 274 g/mol. The van der Waals surface area contributed by atoms with Crippen LogP contribution >= 0.6 is 0 Å². The molecule has 1 saturated heterocycles. The summed E-state index contributed by atoms with van der Waals surface area (Å²) in [6.45, 7) is 2.43. The van der Waals surface area contributed by atoms with Crippen molar-refractivity contribution in [3.8, 4) is 0 Å². The van der Waals surface area contributed by atoms with Gasteiger partial charge in [-0.15, -0.1) is 0 Å². The van der Waals surface area contributed by atoms with Gasteiger partial charge in [0.2, 0.25) is 5.91 Å². The van der Waals surface area contributed by atoms with Gasteiger partial charge in [0.05, 0.1) is 0 Å². The fraction of sp³-hybridized carbons (Fsp3) is 0.786. The second-order valence-corrected chi connectivity index (χ2v) is 5.22. The molecule has 0 radical (unpaired) electrons. The number of carbonyl (C=O) groups is 3. The molecule has 0 saturated carbocycles. The number of piperidine rings is 1. The lowest BCUT2D eigenvalue weighted by atomic mass is 10.1. The van der Waals surface area contributed by atoms with E-state index in [0.29, 0.717) is 32.4 Å². The Labute approximate surface area is 125 Å². The fourth-order valence-corrected chi connectivity index (χ4v) is 2.25. The van der Waals surface area contributed by atoms with E-state index in [9.17, 15) is 14.4 Å². The summed E-state index contributed by atoms with van der Waals surface area (Å²) in [5.74, 6) is -0.730. The number of likely N-dealkylation sites (tertiary alicyclic amines) is 1. The van der Waals surface area contributed by atoms with E-state index >= 15 is 0 Å². The van der Waals surface area contributed by atoms with Crippen LogP contribution in [0.25, 0.3) is 0 Å². The molecule has 3 amide bonds. The van der Waals surface area contributed by atoms with Gasteiger partial charge in [0.1, 0.15) is 0 Å². The standard InChI is InChI=1S/C14H25N3O4/c18-12(17-10-4-1-5-11-17)7-9-16-14(21)15-8-3-2-6-13(19)20/h1-11H2,(H,19,20)(H2,15,16,21). The Morgan fingerprint density at radius 1 is 0.905 bits per heavy atom. The minimum atomic E-state index is -0.823. The van der Waals surface area contributed by atoms with Crippen LogP contribution in [0.4, 0.5) is 4.79 Å². The molecule has 7 nitrogen and oxygen atoms in total. The van der Waals surface area contributed by atoms with Crippen LogP contribution in [0.2, 0.25) is 0 Å². The van der Waals surface area contributed by atoms with Crippen molar-refractivity contribution < 1.29 is 19.5 Å². The molecule has 0 aromatic rings. The number of hydrogen-bond donors (Lipinski definition) is 3. The summed E-state index contributed by atoms with van der Waals surface area (Å²) in [5, 5.41) is 13.7. The molecule has 0 unspecified atom stereocenters. The molecule has 0 aliphatic carbocycles. The van der Waals surface area contributed by atoms with Crippen LogP contribution in [0, 0.1) is 0 Å². The Bertz CT molecular complexity index is 354. The van der Waals surface area contributed by atoms with Crippen molar-refractivity contribution in [1.29, 1.82) is 0 Å². The predicted molar refractivity (Wildman–Crippen MR) is 77.9 cm³/mol. The van der Waals surface area contributed by atoms with Crippen molar-refractivity contribution >= 4 is 17.9 Å². The number of nitrogens with zero attached hydrogens (tertiary/aromatic N) is 1. The molecule has 0 aromatic carbocycles. The third-order valence-electron chi connectivity index (χ3n) is 3.44. The van der Waals surface area contributed by atoms with Crippen molar-refractivity contribution in [2.24, 2.45) is 0 Å². The average molecular weight is 299 g/mol. The summed E-state index contributed by atoms with van der Waals surface area (Å²) in [6.07, 6.45) is 4.94. The Morgan fingerprint density at radius 2 is 1.57 bits per heavy atom. The van der Waals surface area contributed by atoms with E-state index in [-0.39, 0.29) is 18.4 Å². The molecule has 1 heterocycles. The summed E-state index contributed by atoms with van der Waals surface area (Å²) >= 11 is 0. The number of carbonyl (C=O) groups excluding carboxylic acids is 2. The normalized spacial score (nSPS) is 14.6. The number of rotatable bonds is 8. The zero-order valence-electron chi connectivity index (χ0n) is 12.4. The monoisotopic (exact) mass is 299 g/mol. The van der Waals surface area contributed by atoms with Crippen LogP contribution in [-0.2, 0) is 9.59 Å². The number of nitrogens with one attached hydrogen (secondary N) is 2. The van der Waals surface area contributed by atoms with E-state index in [4.69, 9.17) is 5.11 Å². The third-order valence-corrected chi connectivity index (χ3v) is 3.44. The Morgan fingerprint density at radius 3 is 2.24 bits per heavy atom. The van der Waals surface area contributed by atoms with Crippen LogP contribution in [0.15, 0.2) is 0 Å². The summed E-state index contributed by atoms with van der Waals surface area (Å²) in [5.41, 5.74) is 0. The number of amides is 3. The van der Waals surface area contributed by atoms with E-state index in [1.54, 1.807) is 0 Å². The maximum absolute atomic E-state index is 11.8. The molecule has 3 N–H and O–H groups in total. The molecule has 1 rings (SSSR count). The first-order valence-corrected chi connectivity index (χ1v) is 7.61. The number of carboxylic acid groups (broad SMARTS) is 1. The first kappa shape index (κ1) is 17.3. The zero-order valence-corrected chi connectivity index (χ0v) is 12.4. The van der Waals surface area contributed by atoms with Crippen LogP contribution in [-0.4, -0.2) is 54.1 Å². The van der Waals surface area contributed by atoms with Crippen LogP contribution in [0.1, 0.15) is 44.9 Å². The van der Waals surface area contributed by atoms with Crippen molar-refractivity contribution in [3.63, 3.8) is 0 Å². The molecule has 1 fully saturated rings. The van der Waals surface area contributed by atoms with Crippen LogP contribution in [0.5, 0.6) is 0 Å². The number of hydrogen-bond acceptors (Lipinski definition) is 3. The quantitative estimate of drug-likeness (QED) is 0.581. The second kappa shape index (κ2) is 10.0. The number of unbranched alkanes of at least 4 members (excludes halogenated alkanes) is 1. The Kier molecular flexibility index (Phi) is 8.23. The fourth-order valence-electron chi connectivity index (χ4n) is 2.25. The summed E-state index contributed by atoms with van der Waals surface area (Å²) in [6, 6.07) is -0.309. The minimum Gasteiger partial charge on any atom is -0.481 e. The Balaban J connectivity index is 1.99. The number of carboxylic acids is 1. The smallest absolute Gasteiger partial charge is 0.314 e. The molecule has 120 valence electrons. The van der Waals surface area contributed by atoms with Gasteiger partial charge in [-0.2, -0.15) is 0 Å². The lowest BCUT2D eigenvalue weighted by Gasteiger charge is -2.26. The van der Waals surface area contributed by atoms with Gasteiger partial charge in [-0.05, 0) is 32.1 Å². The lowest BCUT2D eigenvalue weighted by Crippen LogP contribution is -2.40. The van der Waals surface area contributed by atoms with Gasteiger partial charge in [-0.3, -0.25) is 9.59 Å². The largest absolute Gasteiger partial charge is 0.481 e. The molecule has 0 spiro atoms. The first-order valence-electron chi connectivity index (χ1n) is 7.61. The first-order chi connectivity index (χ1) is 10.1. The maximum Gasteiger partial charge on any atom is 0.314 e. The highest BCUT2D eigenvalue weighted by Crippen LogP contribution is 2.09. The van der Waals surface area contributed by atoms with E-state index < -0.39 is 5.97 Å². The molecule has 21 heavy (non-hydrogen) atoms. The molecule has 1 aliphatic rings. The summed E-state index contributed by atoms with van der Waals surface area (Å²) in [7, 11) is 0. The van der Waals surface area contributed by atoms with Gasteiger partial charge >= 0.3 is 12.0 Å². The lowest BCUT2D eigenvalue weighted by molar-refractivity contribution is -0.137. The van der Waals surface area contributed by atoms with Crippen molar-refractivity contribution in [2.75, 3.05) is 26.2 Å². The van der Waals surface area contributed by atoms with Gasteiger partial charge in [0, 0.05) is 39.0 Å². The molecule has 7 heteroatoms. The van der Waals surface area contributed by atoms with Gasteiger partial charge in [-0.25, -0.2) is 4.79 Å². The highest BCUT2D eigenvalue weighted by molar-refractivity contribution is 5.78. The van der Waals surface area contributed by atoms with Crippen LogP contribution in [0.3, 0.4) is 0 Å². The molecule has 0 atom stereocenters. The zero-order chi connectivity index (χ0) is 15.5. The highest BCUT2D eigenvalue weighted by Gasteiger charge is 2.15. The molecule has 0 aromatic heterocycles. The predicted octanol–water partition coefficient (Wildman–Crippen LogP) is 0.943. The van der Waals surface area contributed by atoms with Crippen molar-refractivity contribution in [3.05, 3.63) is 0 Å². The van der Waals surface area contributed by atoms with E-state index in [2.05, 4.69) is 10.6 Å². The summed E-state index contributed by atoms with van der Waals surface area (Å²) < 4.78 is 0. The van der Waals surface area contributed by atoms with E-state index in [0.717, 1.165) is 25.9 Å². The molecule has 0 bridgehead atoms. The van der Waals surface area contributed by atoms with Crippen molar-refractivity contribution in [1.82, 2.24) is 15.5 Å². The SMILES string of the molecule is O=C(O)CCCCNC(=O)NCCC(=O)N1CCCCC1. The van der Waals surface area contributed by atoms with E-state index in [1.807, 2.05) is 4.90 Å². The average Bonchev–Trinajstić information content (AvgIpc) is 2.47. The van der Waals surface area contributed by atoms with Gasteiger partial charge in [-0.1, -0.05) is 0 Å². The van der Waals surface area contributed by atoms with Gasteiger partial charge in [0.25, 0.3) is 0 Å². The summed E-state index contributed by atoms with van der Waals surface area (Å²) in [4.78, 5) is 35.4. The highest BCUT2D eigenvalue weighted by atomic mass is 16.4. The minimum absolute atomic E-state index is 0.0939.